The predicted molar refractivity (Wildman–Crippen MR) is 152 cm³/mol. The number of amides is 1. The zero-order chi connectivity index (χ0) is 31.7. The monoisotopic (exact) mass is 609 g/mol. The quantitative estimate of drug-likeness (QED) is 0.196. The smallest absolute Gasteiger partial charge is 0.496 e. The second kappa shape index (κ2) is 12.6. The van der Waals surface area contributed by atoms with Gasteiger partial charge in [-0.15, -0.1) is 0 Å². The van der Waals surface area contributed by atoms with Crippen LogP contribution in [0.25, 0.3) is 0 Å². The van der Waals surface area contributed by atoms with Crippen LogP contribution >= 0.6 is 0 Å². The number of ether oxygens (including phenoxy) is 4. The maximum absolute atomic E-state index is 13.5. The number of hydrogen-bond donors (Lipinski definition) is 1. The summed E-state index contributed by atoms with van der Waals surface area (Å²) in [6, 6.07) is 4.82. The molecule has 1 saturated heterocycles. The van der Waals surface area contributed by atoms with Gasteiger partial charge in [0.05, 0.1) is 30.9 Å². The van der Waals surface area contributed by atoms with E-state index in [-0.39, 0.29) is 41.6 Å². The molecule has 5 rings (SSSR count). The van der Waals surface area contributed by atoms with Gasteiger partial charge in [0.1, 0.15) is 11.3 Å². The summed E-state index contributed by atoms with van der Waals surface area (Å²) in [4.78, 5) is 37.3. The van der Waals surface area contributed by atoms with E-state index in [0.717, 1.165) is 19.8 Å². The molecule has 1 heterocycles. The molecule has 2 bridgehead atoms. The number of methoxy groups -OCH3 is 1. The molecule has 10 nitrogen and oxygen atoms in total. The molecule has 1 aliphatic heterocycles. The summed E-state index contributed by atoms with van der Waals surface area (Å²) in [7, 11) is 0.535. The lowest BCUT2D eigenvalue weighted by atomic mass is 9.43. The molecule has 0 radical (unpaired) electrons. The number of rotatable bonds is 12. The van der Waals surface area contributed by atoms with E-state index in [1.54, 1.807) is 26.0 Å². The van der Waals surface area contributed by atoms with Crippen LogP contribution in [0.3, 0.4) is 0 Å². The Morgan fingerprint density at radius 2 is 1.88 bits per heavy atom. The minimum Gasteiger partial charge on any atom is -0.496 e. The molecule has 1 amide bonds. The number of carbonyl (C=O) groups excluding carboxylic acids is 3. The lowest BCUT2D eigenvalue weighted by molar-refractivity contribution is -0.199. The minimum atomic E-state index is -2.99. The Balaban J connectivity index is 1.53. The highest BCUT2D eigenvalue weighted by atomic mass is 19.3. The van der Waals surface area contributed by atoms with Gasteiger partial charge < -0.3 is 33.6 Å². The fourth-order valence-electron chi connectivity index (χ4n) is 6.72. The Morgan fingerprint density at radius 1 is 1.16 bits per heavy atom. The van der Waals surface area contributed by atoms with Crippen LogP contribution in [0.15, 0.2) is 18.2 Å². The van der Waals surface area contributed by atoms with Crippen LogP contribution in [-0.2, 0) is 34.7 Å². The normalized spacial score (nSPS) is 26.2. The van der Waals surface area contributed by atoms with Crippen LogP contribution < -0.4 is 10.1 Å². The summed E-state index contributed by atoms with van der Waals surface area (Å²) in [5.74, 6) is -4.17. The van der Waals surface area contributed by atoms with Crippen molar-refractivity contribution in [3.05, 3.63) is 29.3 Å². The summed E-state index contributed by atoms with van der Waals surface area (Å²) >= 11 is 0. The van der Waals surface area contributed by atoms with Crippen LogP contribution in [0.1, 0.15) is 83.1 Å². The van der Waals surface area contributed by atoms with Crippen molar-refractivity contribution in [2.45, 2.75) is 103 Å². The van der Waals surface area contributed by atoms with Gasteiger partial charge in [0, 0.05) is 12.8 Å². The highest BCUT2D eigenvalue weighted by molar-refractivity contribution is 6.48. The summed E-state index contributed by atoms with van der Waals surface area (Å²) in [6.07, 6.45) is -0.550. The SMILES string of the molecule is COc1c(CC(NC(=O)CCC(C)(F)F)B2OC3CC4CC(C4(C)C)C3(C)O2)cccc1C(=O)OCOC(=O)OC(C)C. The van der Waals surface area contributed by atoms with Gasteiger partial charge in [-0.1, -0.05) is 26.0 Å². The molecule has 3 aliphatic carbocycles. The molecule has 1 N–H and O–H groups in total. The van der Waals surface area contributed by atoms with Crippen molar-refractivity contribution in [2.24, 2.45) is 17.3 Å². The molecule has 0 spiro atoms. The van der Waals surface area contributed by atoms with Crippen molar-refractivity contribution in [2.75, 3.05) is 13.9 Å². The van der Waals surface area contributed by atoms with Crippen LogP contribution in [0.5, 0.6) is 5.75 Å². The molecular weight excluding hydrogens is 567 g/mol. The van der Waals surface area contributed by atoms with Gasteiger partial charge in [0.25, 0.3) is 0 Å². The van der Waals surface area contributed by atoms with E-state index in [0.29, 0.717) is 11.5 Å². The Kier molecular flexibility index (Phi) is 9.66. The van der Waals surface area contributed by atoms with E-state index in [2.05, 4.69) is 19.2 Å². The Morgan fingerprint density at radius 3 is 2.51 bits per heavy atom. The molecule has 4 fully saturated rings. The summed E-state index contributed by atoms with van der Waals surface area (Å²) in [5.41, 5.74) is 0.129. The molecule has 238 valence electrons. The largest absolute Gasteiger partial charge is 0.511 e. The first kappa shape index (κ1) is 33.0. The van der Waals surface area contributed by atoms with Crippen LogP contribution in [0, 0.1) is 17.3 Å². The summed E-state index contributed by atoms with van der Waals surface area (Å²) < 4.78 is 60.4. The third kappa shape index (κ3) is 7.25. The van der Waals surface area contributed by atoms with Crippen molar-refractivity contribution in [1.82, 2.24) is 5.32 Å². The van der Waals surface area contributed by atoms with Gasteiger partial charge in [-0.25, -0.2) is 18.4 Å². The highest BCUT2D eigenvalue weighted by Gasteiger charge is 2.68. The molecule has 1 aromatic rings. The van der Waals surface area contributed by atoms with Gasteiger partial charge in [-0.05, 0) is 75.8 Å². The molecule has 5 unspecified atom stereocenters. The molecule has 13 heteroatoms. The van der Waals surface area contributed by atoms with Gasteiger partial charge in [0.15, 0.2) is 0 Å². The van der Waals surface area contributed by atoms with Crippen LogP contribution in [-0.4, -0.2) is 68.7 Å². The molecule has 3 saturated carbocycles. The lowest BCUT2D eigenvalue weighted by Gasteiger charge is -2.64. The first-order valence-electron chi connectivity index (χ1n) is 14.7. The molecule has 5 atom stereocenters. The Labute approximate surface area is 251 Å². The third-order valence-electron chi connectivity index (χ3n) is 9.09. The summed E-state index contributed by atoms with van der Waals surface area (Å²) in [5, 5.41) is 2.85. The van der Waals surface area contributed by atoms with Crippen LogP contribution in [0.4, 0.5) is 13.6 Å². The van der Waals surface area contributed by atoms with Crippen molar-refractivity contribution in [3.8, 4) is 5.75 Å². The maximum atomic E-state index is 13.5. The van der Waals surface area contributed by atoms with Crippen LogP contribution in [0.2, 0.25) is 0 Å². The zero-order valence-corrected chi connectivity index (χ0v) is 25.9. The lowest BCUT2D eigenvalue weighted by Crippen LogP contribution is -2.65. The van der Waals surface area contributed by atoms with E-state index in [1.807, 2.05) is 6.92 Å². The number of benzene rings is 1. The standard InChI is InChI=1S/C30H42BF2NO9/c1-17(2)41-27(37)40-16-39-26(36)20-10-8-9-18(25(20)38-7)13-23(34-24(35)11-12-29(5,32)33)31-42-22-15-19-14-21(28(19,3)4)30(22,6)43-31/h8-10,17,19,21-23H,11-16H2,1-7H3,(H,34,35). The first-order valence-corrected chi connectivity index (χ1v) is 14.7. The molecule has 4 aliphatic rings. The predicted octanol–water partition coefficient (Wildman–Crippen LogP) is 5.10. The third-order valence-corrected chi connectivity index (χ3v) is 9.09. The fourth-order valence-corrected chi connectivity index (χ4v) is 6.72. The average molecular weight is 609 g/mol. The molecule has 1 aromatic carbocycles. The second-order valence-corrected chi connectivity index (χ2v) is 12.9. The first-order chi connectivity index (χ1) is 20.0. The highest BCUT2D eigenvalue weighted by Crippen LogP contribution is 2.65. The maximum Gasteiger partial charge on any atom is 0.511 e. The number of nitrogens with one attached hydrogen (secondary N) is 1. The van der Waals surface area contributed by atoms with E-state index < -0.39 is 61.9 Å². The van der Waals surface area contributed by atoms with E-state index in [1.165, 1.54) is 13.2 Å². The van der Waals surface area contributed by atoms with Gasteiger partial charge >= 0.3 is 19.2 Å². The van der Waals surface area contributed by atoms with E-state index in [4.69, 9.17) is 28.3 Å². The number of alkyl halides is 2. The number of hydrogen-bond acceptors (Lipinski definition) is 9. The van der Waals surface area contributed by atoms with Crippen molar-refractivity contribution in [1.29, 1.82) is 0 Å². The second-order valence-electron chi connectivity index (χ2n) is 12.9. The number of esters is 1. The topological polar surface area (TPSA) is 119 Å². The number of halogens is 2. The molecular formula is C30H42BF2NO9. The van der Waals surface area contributed by atoms with E-state index in [9.17, 15) is 23.2 Å². The van der Waals surface area contributed by atoms with Gasteiger partial charge in [-0.2, -0.15) is 0 Å². The summed E-state index contributed by atoms with van der Waals surface area (Å²) in [6.45, 7) is 9.93. The minimum absolute atomic E-state index is 0.0630. The zero-order valence-electron chi connectivity index (χ0n) is 25.9. The van der Waals surface area contributed by atoms with Crippen molar-refractivity contribution in [3.63, 3.8) is 0 Å². The van der Waals surface area contributed by atoms with E-state index >= 15 is 0 Å². The fraction of sp³-hybridized carbons (Fsp3) is 0.700. The number of para-hydroxylation sites is 1. The Hall–Kier alpha value is -2.93. The van der Waals surface area contributed by atoms with Crippen molar-refractivity contribution >= 4 is 25.2 Å². The van der Waals surface area contributed by atoms with Gasteiger partial charge in [0.2, 0.25) is 18.6 Å². The van der Waals surface area contributed by atoms with Crippen molar-refractivity contribution < 1.29 is 51.4 Å². The molecule has 0 aromatic heterocycles. The average Bonchev–Trinajstić information content (AvgIpc) is 3.27. The molecule has 43 heavy (non-hydrogen) atoms. The van der Waals surface area contributed by atoms with Gasteiger partial charge in [-0.3, -0.25) is 4.79 Å². The Bertz CT molecular complexity index is 1210. The number of carbonyl (C=O) groups is 3.